The number of aromatic amines is 2. The zero-order valence-corrected chi connectivity index (χ0v) is 20.7. The van der Waals surface area contributed by atoms with Gasteiger partial charge in [-0.2, -0.15) is 5.10 Å². The molecular formula is C29H26FN7. The first-order valence-electron chi connectivity index (χ1n) is 12.2. The molecule has 0 aliphatic rings. The average Bonchev–Trinajstić information content (AvgIpc) is 3.52. The van der Waals surface area contributed by atoms with Crippen molar-refractivity contribution < 1.29 is 4.39 Å². The first-order valence-corrected chi connectivity index (χ1v) is 12.2. The van der Waals surface area contributed by atoms with E-state index in [1.165, 1.54) is 6.07 Å². The van der Waals surface area contributed by atoms with Gasteiger partial charge in [-0.1, -0.05) is 12.1 Å². The number of halogens is 1. The molecule has 0 spiro atoms. The predicted octanol–water partition coefficient (Wildman–Crippen LogP) is 5.86. The van der Waals surface area contributed by atoms with E-state index in [2.05, 4.69) is 36.1 Å². The summed E-state index contributed by atoms with van der Waals surface area (Å²) in [7, 11) is 4.08. The van der Waals surface area contributed by atoms with Crippen LogP contribution >= 0.6 is 0 Å². The Bertz CT molecular complexity index is 1700. The molecule has 0 aliphatic carbocycles. The van der Waals surface area contributed by atoms with Crippen molar-refractivity contribution >= 4 is 21.9 Å². The standard InChI is InChI=1S/C29H26FN7/c1-37(2)12-4-5-18-13-21(15-22(30)14-18)26-28-25(9-11-32-26)33-29(34-28)27-23-16-19(7-8-24(23)35-36-27)20-6-3-10-31-17-20/h3,6-11,13-17H,4-5,12H2,1-2H3,(H,33,34)(H,35,36). The predicted molar refractivity (Wildman–Crippen MR) is 144 cm³/mol. The van der Waals surface area contributed by atoms with Gasteiger partial charge in [0.05, 0.1) is 16.7 Å². The van der Waals surface area contributed by atoms with E-state index in [9.17, 15) is 4.39 Å². The van der Waals surface area contributed by atoms with Gasteiger partial charge >= 0.3 is 0 Å². The summed E-state index contributed by atoms with van der Waals surface area (Å²) in [6.07, 6.45) is 7.07. The zero-order chi connectivity index (χ0) is 25.4. The summed E-state index contributed by atoms with van der Waals surface area (Å²) in [5.41, 5.74) is 7.51. The van der Waals surface area contributed by atoms with E-state index in [1.54, 1.807) is 18.5 Å². The molecule has 0 aliphatic heterocycles. The van der Waals surface area contributed by atoms with E-state index < -0.39 is 0 Å². The molecule has 0 saturated heterocycles. The number of nitrogens with zero attached hydrogens (tertiary/aromatic N) is 5. The van der Waals surface area contributed by atoms with E-state index in [0.29, 0.717) is 28.3 Å². The van der Waals surface area contributed by atoms with Gasteiger partial charge in [-0.3, -0.25) is 15.1 Å². The van der Waals surface area contributed by atoms with Gasteiger partial charge in [0.1, 0.15) is 17.0 Å². The Morgan fingerprint density at radius 1 is 0.892 bits per heavy atom. The van der Waals surface area contributed by atoms with Crippen molar-refractivity contribution in [2.75, 3.05) is 20.6 Å². The smallest absolute Gasteiger partial charge is 0.159 e. The number of aryl methyl sites for hydroxylation is 1. The van der Waals surface area contributed by atoms with E-state index in [0.717, 1.165) is 52.5 Å². The monoisotopic (exact) mass is 491 g/mol. The molecule has 37 heavy (non-hydrogen) atoms. The lowest BCUT2D eigenvalue weighted by atomic mass is 10.0. The van der Waals surface area contributed by atoms with Crippen LogP contribution in [0.2, 0.25) is 0 Å². The minimum atomic E-state index is -0.270. The number of hydrogen-bond donors (Lipinski definition) is 2. The van der Waals surface area contributed by atoms with Crippen LogP contribution in [0.3, 0.4) is 0 Å². The first-order chi connectivity index (χ1) is 18.0. The van der Waals surface area contributed by atoms with Crippen molar-refractivity contribution in [1.29, 1.82) is 0 Å². The third kappa shape index (κ3) is 4.59. The summed E-state index contributed by atoms with van der Waals surface area (Å²) in [5, 5.41) is 8.61. The SMILES string of the molecule is CN(C)CCCc1cc(F)cc(-c2nccc3[nH]c(-c4n[nH]c5ccc(-c6cccnc6)cc45)nc23)c1. The second kappa shape index (κ2) is 9.55. The Labute approximate surface area is 213 Å². The Morgan fingerprint density at radius 3 is 2.65 bits per heavy atom. The van der Waals surface area contributed by atoms with Crippen LogP contribution in [-0.4, -0.2) is 55.7 Å². The van der Waals surface area contributed by atoms with E-state index in [-0.39, 0.29) is 5.82 Å². The zero-order valence-electron chi connectivity index (χ0n) is 20.7. The van der Waals surface area contributed by atoms with Crippen LogP contribution in [0.4, 0.5) is 4.39 Å². The fraction of sp³-hybridized carbons (Fsp3) is 0.172. The molecule has 0 fully saturated rings. The minimum Gasteiger partial charge on any atom is -0.336 e. The van der Waals surface area contributed by atoms with Gasteiger partial charge in [0.2, 0.25) is 0 Å². The normalized spacial score (nSPS) is 11.7. The topological polar surface area (TPSA) is 86.4 Å². The minimum absolute atomic E-state index is 0.270. The van der Waals surface area contributed by atoms with Gasteiger partial charge in [-0.25, -0.2) is 9.37 Å². The van der Waals surface area contributed by atoms with Crippen LogP contribution in [-0.2, 0) is 6.42 Å². The summed E-state index contributed by atoms with van der Waals surface area (Å²) >= 11 is 0. The fourth-order valence-electron chi connectivity index (χ4n) is 4.70. The maximum atomic E-state index is 14.6. The maximum absolute atomic E-state index is 14.6. The van der Waals surface area contributed by atoms with Crippen molar-refractivity contribution in [1.82, 2.24) is 35.0 Å². The maximum Gasteiger partial charge on any atom is 0.159 e. The summed E-state index contributed by atoms with van der Waals surface area (Å²) in [4.78, 5) is 19.2. The molecule has 0 unspecified atom stereocenters. The van der Waals surface area contributed by atoms with Gasteiger partial charge in [-0.05, 0) is 87.1 Å². The Balaban J connectivity index is 1.41. The second-order valence-corrected chi connectivity index (χ2v) is 9.47. The van der Waals surface area contributed by atoms with Gasteiger partial charge in [-0.15, -0.1) is 0 Å². The average molecular weight is 492 g/mol. The van der Waals surface area contributed by atoms with Crippen LogP contribution in [0.1, 0.15) is 12.0 Å². The number of fused-ring (bicyclic) bond motifs is 2. The molecule has 8 heteroatoms. The number of rotatable bonds is 7. The van der Waals surface area contributed by atoms with E-state index >= 15 is 0 Å². The highest BCUT2D eigenvalue weighted by Gasteiger charge is 2.17. The molecule has 184 valence electrons. The first kappa shape index (κ1) is 23.0. The molecule has 6 rings (SSSR count). The van der Waals surface area contributed by atoms with Crippen molar-refractivity contribution in [3.05, 3.63) is 84.6 Å². The number of benzene rings is 2. The molecule has 0 atom stereocenters. The molecule has 2 aromatic carbocycles. The third-order valence-corrected chi connectivity index (χ3v) is 6.48. The molecule has 4 heterocycles. The van der Waals surface area contributed by atoms with Crippen molar-refractivity contribution in [3.8, 4) is 33.9 Å². The van der Waals surface area contributed by atoms with Crippen LogP contribution in [0.15, 0.2) is 73.2 Å². The van der Waals surface area contributed by atoms with Gasteiger partial charge in [0, 0.05) is 35.1 Å². The number of pyridine rings is 2. The molecular weight excluding hydrogens is 465 g/mol. The second-order valence-electron chi connectivity index (χ2n) is 9.47. The molecule has 7 nitrogen and oxygen atoms in total. The van der Waals surface area contributed by atoms with Crippen molar-refractivity contribution in [2.45, 2.75) is 12.8 Å². The lowest BCUT2D eigenvalue weighted by molar-refractivity contribution is 0.400. The molecule has 4 aromatic heterocycles. The molecule has 0 saturated carbocycles. The molecule has 0 amide bonds. The number of H-pyrrole nitrogens is 2. The quantitative estimate of drug-likeness (QED) is 0.292. The highest BCUT2D eigenvalue weighted by Crippen LogP contribution is 2.32. The van der Waals surface area contributed by atoms with Crippen molar-refractivity contribution in [3.63, 3.8) is 0 Å². The highest BCUT2D eigenvalue weighted by atomic mass is 19.1. The molecule has 6 aromatic rings. The fourth-order valence-corrected chi connectivity index (χ4v) is 4.70. The van der Waals surface area contributed by atoms with Crippen molar-refractivity contribution in [2.24, 2.45) is 0 Å². The van der Waals surface area contributed by atoms with Gasteiger partial charge in [0.25, 0.3) is 0 Å². The van der Waals surface area contributed by atoms with Gasteiger partial charge in [0.15, 0.2) is 5.82 Å². The van der Waals surface area contributed by atoms with E-state index in [4.69, 9.17) is 4.98 Å². The summed E-state index contributed by atoms with van der Waals surface area (Å²) < 4.78 is 14.6. The Kier molecular flexibility index (Phi) is 5.94. The summed E-state index contributed by atoms with van der Waals surface area (Å²) in [6.45, 7) is 0.947. The Morgan fingerprint density at radius 2 is 1.81 bits per heavy atom. The highest BCUT2D eigenvalue weighted by molar-refractivity contribution is 5.97. The van der Waals surface area contributed by atoms with Crippen LogP contribution in [0.5, 0.6) is 0 Å². The lowest BCUT2D eigenvalue weighted by Crippen LogP contribution is -2.13. The number of imidazole rings is 1. The van der Waals surface area contributed by atoms with Crippen LogP contribution in [0, 0.1) is 5.82 Å². The van der Waals surface area contributed by atoms with Crippen LogP contribution in [0.25, 0.3) is 55.8 Å². The Hall–Kier alpha value is -4.43. The largest absolute Gasteiger partial charge is 0.336 e. The summed E-state index contributed by atoms with van der Waals surface area (Å²) in [5.74, 6) is 0.356. The number of nitrogens with one attached hydrogen (secondary N) is 2. The molecule has 0 bridgehead atoms. The number of aromatic nitrogens is 6. The molecule has 0 radical (unpaired) electrons. The van der Waals surface area contributed by atoms with Crippen LogP contribution < -0.4 is 0 Å². The third-order valence-electron chi connectivity index (χ3n) is 6.48. The lowest BCUT2D eigenvalue weighted by Gasteiger charge is -2.10. The van der Waals surface area contributed by atoms with E-state index in [1.807, 2.05) is 56.7 Å². The molecule has 2 N–H and O–H groups in total. The van der Waals surface area contributed by atoms with Gasteiger partial charge < -0.3 is 9.88 Å². The summed E-state index contributed by atoms with van der Waals surface area (Å²) in [6, 6.07) is 17.1. The number of hydrogen-bond acceptors (Lipinski definition) is 5.